The molecule has 2 heterocycles. The lowest BCUT2D eigenvalue weighted by Crippen LogP contribution is -2.17. The fraction of sp³-hybridized carbons (Fsp3) is 0.643. The quantitative estimate of drug-likeness (QED) is 0.792. The summed E-state index contributed by atoms with van der Waals surface area (Å²) in [5, 5.41) is 3.35. The summed E-state index contributed by atoms with van der Waals surface area (Å²) in [7, 11) is 2.20. The van der Waals surface area contributed by atoms with E-state index < -0.39 is 0 Å². The topological polar surface area (TPSA) is 28.2 Å². The van der Waals surface area contributed by atoms with Crippen LogP contribution in [0.2, 0.25) is 0 Å². The number of likely N-dealkylation sites (tertiary alicyclic amines) is 1. The molecule has 0 spiro atoms. The molecule has 1 unspecified atom stereocenters. The van der Waals surface area contributed by atoms with E-state index in [9.17, 15) is 0 Å². The predicted octanol–water partition coefficient (Wildman–Crippen LogP) is 3.06. The van der Waals surface area contributed by atoms with Crippen LogP contribution < -0.4 is 5.32 Å². The lowest BCUT2D eigenvalue weighted by atomic mass is 10.1. The molecule has 1 aromatic rings. The van der Waals surface area contributed by atoms with Crippen LogP contribution in [0.1, 0.15) is 44.2 Å². The Kier molecular flexibility index (Phi) is 4.37. The van der Waals surface area contributed by atoms with Crippen LogP contribution in [0.5, 0.6) is 0 Å². The van der Waals surface area contributed by atoms with Gasteiger partial charge < -0.3 is 5.32 Å². The largest absolute Gasteiger partial charge is 0.370 e. The Bertz CT molecular complexity index is 334. The Labute approximate surface area is 104 Å². The minimum absolute atomic E-state index is 0.576. The summed E-state index contributed by atoms with van der Waals surface area (Å²) in [6.45, 7) is 4.43. The van der Waals surface area contributed by atoms with E-state index in [2.05, 4.69) is 41.3 Å². The number of unbranched alkanes of at least 4 members (excludes halogenated alkanes) is 1. The highest BCUT2D eigenvalue weighted by Crippen LogP contribution is 2.29. The van der Waals surface area contributed by atoms with Crippen molar-refractivity contribution in [1.29, 1.82) is 0 Å². The van der Waals surface area contributed by atoms with Gasteiger partial charge in [-0.3, -0.25) is 4.90 Å². The van der Waals surface area contributed by atoms with Crippen molar-refractivity contribution in [2.24, 2.45) is 0 Å². The number of nitrogens with one attached hydrogen (secondary N) is 1. The first-order chi connectivity index (χ1) is 8.31. The van der Waals surface area contributed by atoms with Gasteiger partial charge in [-0.2, -0.15) is 0 Å². The van der Waals surface area contributed by atoms with E-state index in [1.807, 2.05) is 6.20 Å². The molecule has 94 valence electrons. The van der Waals surface area contributed by atoms with Gasteiger partial charge in [0.2, 0.25) is 0 Å². The minimum Gasteiger partial charge on any atom is -0.370 e. The van der Waals surface area contributed by atoms with Crippen molar-refractivity contribution in [3.8, 4) is 0 Å². The van der Waals surface area contributed by atoms with E-state index in [1.165, 1.54) is 37.8 Å². The van der Waals surface area contributed by atoms with Crippen molar-refractivity contribution in [2.75, 3.05) is 25.5 Å². The van der Waals surface area contributed by atoms with Crippen LogP contribution >= 0.6 is 0 Å². The van der Waals surface area contributed by atoms with E-state index in [0.717, 1.165) is 12.4 Å². The molecule has 0 aliphatic carbocycles. The average Bonchev–Trinajstić information content (AvgIpc) is 2.77. The van der Waals surface area contributed by atoms with Crippen molar-refractivity contribution in [3.63, 3.8) is 0 Å². The van der Waals surface area contributed by atoms with Gasteiger partial charge in [-0.05, 0) is 44.5 Å². The van der Waals surface area contributed by atoms with E-state index in [0.29, 0.717) is 6.04 Å². The van der Waals surface area contributed by atoms with Crippen LogP contribution in [0.3, 0.4) is 0 Å². The van der Waals surface area contributed by atoms with Gasteiger partial charge in [-0.15, -0.1) is 0 Å². The zero-order valence-corrected chi connectivity index (χ0v) is 10.9. The van der Waals surface area contributed by atoms with E-state index >= 15 is 0 Å². The second-order valence-electron chi connectivity index (χ2n) is 4.90. The number of rotatable bonds is 5. The second-order valence-corrected chi connectivity index (χ2v) is 4.90. The van der Waals surface area contributed by atoms with Crippen LogP contribution in [0.4, 0.5) is 5.82 Å². The van der Waals surface area contributed by atoms with E-state index in [4.69, 9.17) is 0 Å². The second kappa shape index (κ2) is 6.01. The van der Waals surface area contributed by atoms with Crippen LogP contribution in [0, 0.1) is 0 Å². The molecule has 0 amide bonds. The number of hydrogen-bond donors (Lipinski definition) is 1. The summed E-state index contributed by atoms with van der Waals surface area (Å²) in [6.07, 6.45) is 7.02. The molecule has 1 N–H and O–H groups in total. The number of aromatic nitrogens is 1. The van der Waals surface area contributed by atoms with Crippen LogP contribution in [-0.4, -0.2) is 30.0 Å². The SMILES string of the molecule is CCCCNc1ccc(C2CCCN2C)cn1. The smallest absolute Gasteiger partial charge is 0.125 e. The maximum Gasteiger partial charge on any atom is 0.125 e. The molecule has 0 saturated carbocycles. The van der Waals surface area contributed by atoms with Crippen molar-refractivity contribution in [3.05, 3.63) is 23.9 Å². The fourth-order valence-corrected chi connectivity index (χ4v) is 2.43. The molecule has 0 bridgehead atoms. The molecule has 1 aliphatic heterocycles. The van der Waals surface area contributed by atoms with Crippen molar-refractivity contribution >= 4 is 5.82 Å². The zero-order chi connectivity index (χ0) is 12.1. The number of anilines is 1. The normalized spacial score (nSPS) is 20.7. The Morgan fingerprint density at radius 3 is 2.94 bits per heavy atom. The Morgan fingerprint density at radius 1 is 1.47 bits per heavy atom. The maximum atomic E-state index is 4.49. The van der Waals surface area contributed by atoms with Gasteiger partial charge >= 0.3 is 0 Å². The summed E-state index contributed by atoms with van der Waals surface area (Å²) < 4.78 is 0. The third-order valence-electron chi connectivity index (χ3n) is 3.53. The summed E-state index contributed by atoms with van der Waals surface area (Å²) in [5.41, 5.74) is 1.35. The van der Waals surface area contributed by atoms with E-state index in [1.54, 1.807) is 0 Å². The Hall–Kier alpha value is -1.09. The molecule has 3 heteroatoms. The monoisotopic (exact) mass is 233 g/mol. The predicted molar refractivity (Wildman–Crippen MR) is 72.2 cm³/mol. The van der Waals surface area contributed by atoms with Crippen LogP contribution in [0.25, 0.3) is 0 Å². The van der Waals surface area contributed by atoms with Gasteiger partial charge in [0.15, 0.2) is 0 Å². The average molecular weight is 233 g/mol. The standard InChI is InChI=1S/C14H23N3/c1-3-4-9-15-14-8-7-12(11-16-14)13-6-5-10-17(13)2/h7-8,11,13H,3-6,9-10H2,1-2H3,(H,15,16). The molecule has 1 atom stereocenters. The van der Waals surface area contributed by atoms with Crippen LogP contribution in [0.15, 0.2) is 18.3 Å². The fourth-order valence-electron chi connectivity index (χ4n) is 2.43. The molecular formula is C14H23N3. The van der Waals surface area contributed by atoms with Crippen LogP contribution in [-0.2, 0) is 0 Å². The highest BCUT2D eigenvalue weighted by Gasteiger charge is 2.22. The van der Waals surface area contributed by atoms with Gasteiger partial charge in [0.05, 0.1) is 0 Å². The summed E-state index contributed by atoms with van der Waals surface area (Å²) in [5.74, 6) is 1.00. The van der Waals surface area contributed by atoms with Crippen molar-refractivity contribution in [1.82, 2.24) is 9.88 Å². The first-order valence-corrected chi connectivity index (χ1v) is 6.71. The van der Waals surface area contributed by atoms with Gasteiger partial charge in [-0.1, -0.05) is 19.4 Å². The lowest BCUT2D eigenvalue weighted by molar-refractivity contribution is 0.317. The van der Waals surface area contributed by atoms with Gasteiger partial charge in [-0.25, -0.2) is 4.98 Å². The highest BCUT2D eigenvalue weighted by atomic mass is 15.1. The maximum absolute atomic E-state index is 4.49. The molecule has 0 radical (unpaired) electrons. The van der Waals surface area contributed by atoms with Crippen molar-refractivity contribution in [2.45, 2.75) is 38.6 Å². The highest BCUT2D eigenvalue weighted by molar-refractivity contribution is 5.36. The molecule has 3 nitrogen and oxygen atoms in total. The number of pyridine rings is 1. The molecule has 0 aromatic carbocycles. The molecule has 2 rings (SSSR count). The molecule has 1 saturated heterocycles. The molecule has 1 fully saturated rings. The third-order valence-corrected chi connectivity index (χ3v) is 3.53. The first kappa shape index (κ1) is 12.4. The van der Waals surface area contributed by atoms with E-state index in [-0.39, 0.29) is 0 Å². The zero-order valence-electron chi connectivity index (χ0n) is 10.9. The molecule has 1 aliphatic rings. The summed E-state index contributed by atoms with van der Waals surface area (Å²) >= 11 is 0. The third kappa shape index (κ3) is 3.19. The molecule has 17 heavy (non-hydrogen) atoms. The molecular weight excluding hydrogens is 210 g/mol. The Balaban J connectivity index is 1.93. The van der Waals surface area contributed by atoms with Crippen molar-refractivity contribution < 1.29 is 0 Å². The summed E-state index contributed by atoms with van der Waals surface area (Å²) in [6, 6.07) is 4.90. The minimum atomic E-state index is 0.576. The Morgan fingerprint density at radius 2 is 2.35 bits per heavy atom. The number of hydrogen-bond acceptors (Lipinski definition) is 3. The van der Waals surface area contributed by atoms with Gasteiger partial charge in [0.1, 0.15) is 5.82 Å². The number of nitrogens with zero attached hydrogens (tertiary/aromatic N) is 2. The van der Waals surface area contributed by atoms with Gasteiger partial charge in [0.25, 0.3) is 0 Å². The first-order valence-electron chi connectivity index (χ1n) is 6.71. The lowest BCUT2D eigenvalue weighted by Gasteiger charge is -2.19. The van der Waals surface area contributed by atoms with Gasteiger partial charge in [0, 0.05) is 18.8 Å². The summed E-state index contributed by atoms with van der Waals surface area (Å²) in [4.78, 5) is 6.91. The molecule has 1 aromatic heterocycles.